The standard InChI is InChI=1S/C28H22Br2Cl3N3O2/c29-19-7-9-25-21(12-19)28(37)36(27(35-25)17-4-2-1-3-5-17)34-14-18-11-20(31)13-22(30)26(18)38-15-16-6-8-23(32)24(33)10-16/h6-14,17H,1-5,15H2. The number of fused-ring (bicyclic) bond motifs is 1. The maximum atomic E-state index is 13.7. The zero-order valence-electron chi connectivity index (χ0n) is 20.1. The van der Waals surface area contributed by atoms with Gasteiger partial charge in [0.05, 0.1) is 31.6 Å². The van der Waals surface area contributed by atoms with Crippen LogP contribution in [0.2, 0.25) is 15.1 Å². The minimum Gasteiger partial charge on any atom is -0.487 e. The molecule has 1 saturated carbocycles. The summed E-state index contributed by atoms with van der Waals surface area (Å²) < 4.78 is 9.05. The van der Waals surface area contributed by atoms with Crippen molar-refractivity contribution in [3.05, 3.63) is 99.8 Å². The molecule has 4 aromatic rings. The van der Waals surface area contributed by atoms with E-state index in [4.69, 9.17) is 44.5 Å². The largest absolute Gasteiger partial charge is 0.487 e. The maximum Gasteiger partial charge on any atom is 0.282 e. The molecule has 0 bridgehead atoms. The first-order valence-electron chi connectivity index (χ1n) is 12.1. The third kappa shape index (κ3) is 6.13. The summed E-state index contributed by atoms with van der Waals surface area (Å²) in [6, 6.07) is 14.4. The number of benzene rings is 3. The highest BCUT2D eigenvalue weighted by molar-refractivity contribution is 9.10. The van der Waals surface area contributed by atoms with Gasteiger partial charge < -0.3 is 4.74 Å². The van der Waals surface area contributed by atoms with Gasteiger partial charge in [0.15, 0.2) is 0 Å². The van der Waals surface area contributed by atoms with Crippen molar-refractivity contribution >= 4 is 83.8 Å². The molecule has 0 saturated heterocycles. The van der Waals surface area contributed by atoms with Crippen LogP contribution in [0.5, 0.6) is 5.75 Å². The first-order valence-corrected chi connectivity index (χ1v) is 14.8. The zero-order chi connectivity index (χ0) is 26.8. The fraction of sp³-hybridized carbons (Fsp3) is 0.250. The topological polar surface area (TPSA) is 56.5 Å². The summed E-state index contributed by atoms with van der Waals surface area (Å²) in [4.78, 5) is 18.6. The van der Waals surface area contributed by atoms with Crippen molar-refractivity contribution in [3.63, 3.8) is 0 Å². The van der Waals surface area contributed by atoms with E-state index in [-0.39, 0.29) is 18.1 Å². The second-order valence-corrected chi connectivity index (χ2v) is 12.2. The number of halogens is 5. The number of hydrogen-bond acceptors (Lipinski definition) is 4. The molecule has 0 spiro atoms. The summed E-state index contributed by atoms with van der Waals surface area (Å²) in [5.74, 6) is 1.38. The second kappa shape index (κ2) is 12.1. The molecule has 5 rings (SSSR count). The van der Waals surface area contributed by atoms with Crippen LogP contribution >= 0.6 is 66.7 Å². The Labute approximate surface area is 252 Å². The minimum absolute atomic E-state index is 0.165. The second-order valence-electron chi connectivity index (χ2n) is 9.17. The van der Waals surface area contributed by atoms with Crippen LogP contribution < -0.4 is 10.3 Å². The molecule has 38 heavy (non-hydrogen) atoms. The molecule has 1 aromatic heterocycles. The zero-order valence-corrected chi connectivity index (χ0v) is 25.5. The van der Waals surface area contributed by atoms with Crippen LogP contribution in [0.1, 0.15) is 55.0 Å². The molecule has 0 atom stereocenters. The Morgan fingerprint density at radius 2 is 1.79 bits per heavy atom. The first kappa shape index (κ1) is 27.7. The van der Waals surface area contributed by atoms with E-state index in [1.807, 2.05) is 18.2 Å². The van der Waals surface area contributed by atoms with Crippen molar-refractivity contribution in [2.45, 2.75) is 44.6 Å². The van der Waals surface area contributed by atoms with Gasteiger partial charge >= 0.3 is 0 Å². The molecule has 0 radical (unpaired) electrons. The summed E-state index contributed by atoms with van der Waals surface area (Å²) in [6.07, 6.45) is 6.96. The summed E-state index contributed by atoms with van der Waals surface area (Å²) in [5, 5.41) is 6.59. The van der Waals surface area contributed by atoms with Gasteiger partial charge in [0, 0.05) is 21.0 Å². The lowest BCUT2D eigenvalue weighted by atomic mass is 9.88. The molecule has 0 aliphatic heterocycles. The third-order valence-corrected chi connectivity index (χ3v) is 8.56. The molecular weight excluding hydrogens is 676 g/mol. The van der Waals surface area contributed by atoms with E-state index in [2.05, 4.69) is 37.0 Å². The maximum absolute atomic E-state index is 13.7. The van der Waals surface area contributed by atoms with Crippen LogP contribution in [0.25, 0.3) is 10.9 Å². The van der Waals surface area contributed by atoms with Crippen molar-refractivity contribution < 1.29 is 4.74 Å². The van der Waals surface area contributed by atoms with Gasteiger partial charge in [-0.3, -0.25) is 4.79 Å². The Balaban J connectivity index is 1.56. The summed E-state index contributed by atoms with van der Waals surface area (Å²) >= 11 is 25.6. The van der Waals surface area contributed by atoms with E-state index >= 15 is 0 Å². The van der Waals surface area contributed by atoms with Gasteiger partial charge in [0.1, 0.15) is 18.2 Å². The Hall–Kier alpha value is -1.90. The van der Waals surface area contributed by atoms with E-state index in [1.54, 1.807) is 36.5 Å². The smallest absolute Gasteiger partial charge is 0.282 e. The number of hydrogen-bond donors (Lipinski definition) is 0. The molecule has 3 aromatic carbocycles. The molecule has 196 valence electrons. The quantitative estimate of drug-likeness (QED) is 0.189. The monoisotopic (exact) mass is 695 g/mol. The Morgan fingerprint density at radius 1 is 1.00 bits per heavy atom. The van der Waals surface area contributed by atoms with E-state index in [9.17, 15) is 4.79 Å². The van der Waals surface area contributed by atoms with Gasteiger partial charge in [-0.1, -0.05) is 76.1 Å². The fourth-order valence-corrected chi connectivity index (χ4v) is 6.27. The summed E-state index contributed by atoms with van der Waals surface area (Å²) in [6.45, 7) is 0.247. The van der Waals surface area contributed by atoms with Crippen molar-refractivity contribution in [1.82, 2.24) is 9.66 Å². The lowest BCUT2D eigenvalue weighted by molar-refractivity contribution is 0.304. The molecule has 1 aliphatic rings. The van der Waals surface area contributed by atoms with Crippen LogP contribution in [0.15, 0.2) is 67.4 Å². The normalized spacial score (nSPS) is 14.4. The predicted octanol–water partition coefficient (Wildman–Crippen LogP) is 9.39. The molecule has 5 nitrogen and oxygen atoms in total. The molecule has 10 heteroatoms. The van der Waals surface area contributed by atoms with E-state index < -0.39 is 0 Å². The van der Waals surface area contributed by atoms with Crippen LogP contribution in [0.3, 0.4) is 0 Å². The van der Waals surface area contributed by atoms with Crippen LogP contribution in [-0.4, -0.2) is 15.9 Å². The molecule has 0 unspecified atom stereocenters. The van der Waals surface area contributed by atoms with E-state index in [1.165, 1.54) is 11.1 Å². The van der Waals surface area contributed by atoms with Crippen LogP contribution in [0, 0.1) is 0 Å². The third-order valence-electron chi connectivity index (χ3n) is 6.52. The molecule has 0 N–H and O–H groups in total. The van der Waals surface area contributed by atoms with E-state index in [0.29, 0.717) is 47.6 Å². The number of rotatable bonds is 6. The van der Waals surface area contributed by atoms with E-state index in [0.717, 1.165) is 35.7 Å². The number of nitrogens with zero attached hydrogens (tertiary/aromatic N) is 3. The SMILES string of the molecule is O=c1c2cc(Br)ccc2nc(C2CCCCC2)n1N=Cc1cc(Cl)cc(Br)c1OCc1ccc(Cl)c(Cl)c1. The highest BCUT2D eigenvalue weighted by atomic mass is 79.9. The summed E-state index contributed by atoms with van der Waals surface area (Å²) in [5.41, 5.74) is 1.92. The number of aromatic nitrogens is 2. The van der Waals surface area contributed by atoms with Gasteiger partial charge in [-0.05, 0) is 76.8 Å². The van der Waals surface area contributed by atoms with Gasteiger partial charge in [-0.2, -0.15) is 9.78 Å². The van der Waals surface area contributed by atoms with Crippen LogP contribution in [0.4, 0.5) is 0 Å². The fourth-order valence-electron chi connectivity index (χ4n) is 4.64. The molecule has 1 heterocycles. The first-order chi connectivity index (χ1) is 18.3. The minimum atomic E-state index is -0.215. The summed E-state index contributed by atoms with van der Waals surface area (Å²) in [7, 11) is 0. The van der Waals surface area contributed by atoms with Crippen LogP contribution in [-0.2, 0) is 6.61 Å². The number of ether oxygens (including phenoxy) is 1. The highest BCUT2D eigenvalue weighted by Crippen LogP contribution is 2.34. The lowest BCUT2D eigenvalue weighted by Crippen LogP contribution is -2.25. The average molecular weight is 699 g/mol. The Kier molecular flexibility index (Phi) is 8.80. The van der Waals surface area contributed by atoms with Crippen molar-refractivity contribution in [3.8, 4) is 5.75 Å². The van der Waals surface area contributed by atoms with Crippen molar-refractivity contribution in [2.24, 2.45) is 5.10 Å². The molecule has 1 aliphatic carbocycles. The van der Waals surface area contributed by atoms with Gasteiger partial charge in [-0.25, -0.2) is 4.98 Å². The highest BCUT2D eigenvalue weighted by Gasteiger charge is 2.23. The molecular formula is C28H22Br2Cl3N3O2. The lowest BCUT2D eigenvalue weighted by Gasteiger charge is -2.22. The average Bonchev–Trinajstić information content (AvgIpc) is 2.90. The van der Waals surface area contributed by atoms with Crippen molar-refractivity contribution in [1.29, 1.82) is 0 Å². The van der Waals surface area contributed by atoms with Gasteiger partial charge in [-0.15, -0.1) is 0 Å². The Bertz CT molecular complexity index is 1600. The molecule has 0 amide bonds. The Morgan fingerprint density at radius 3 is 2.55 bits per heavy atom. The predicted molar refractivity (Wildman–Crippen MR) is 162 cm³/mol. The van der Waals surface area contributed by atoms with Crippen molar-refractivity contribution in [2.75, 3.05) is 0 Å². The van der Waals surface area contributed by atoms with Gasteiger partial charge in [0.2, 0.25) is 0 Å². The van der Waals surface area contributed by atoms with Gasteiger partial charge in [0.25, 0.3) is 5.56 Å². The molecule has 1 fully saturated rings.